The molecule has 21 heavy (non-hydrogen) atoms. The van der Waals surface area contributed by atoms with Crippen LogP contribution in [-0.4, -0.2) is 28.8 Å². The molecule has 1 heterocycles. The number of halogens is 2. The van der Waals surface area contributed by atoms with Crippen LogP contribution in [0.5, 0.6) is 0 Å². The highest BCUT2D eigenvalue weighted by Gasteiger charge is 2.43. The normalized spacial score (nSPS) is 23.1. The van der Waals surface area contributed by atoms with Crippen LogP contribution in [0, 0.1) is 5.82 Å². The number of benzene rings is 1. The third-order valence-corrected chi connectivity index (χ3v) is 4.37. The second-order valence-electron chi connectivity index (χ2n) is 5.57. The molecule has 4 nitrogen and oxygen atoms in total. The molecule has 1 saturated carbocycles. The number of amides is 2. The molecule has 0 bridgehead atoms. The lowest BCUT2D eigenvalue weighted by atomic mass is 10.2. The van der Waals surface area contributed by atoms with Crippen molar-refractivity contribution in [1.82, 2.24) is 4.90 Å². The van der Waals surface area contributed by atoms with E-state index in [2.05, 4.69) is 5.32 Å². The highest BCUT2D eigenvalue weighted by atomic mass is 35.5. The largest absolute Gasteiger partial charge is 0.371 e. The Labute approximate surface area is 127 Å². The first-order chi connectivity index (χ1) is 10.1. The number of hydrogen-bond donors (Lipinski definition) is 1. The van der Waals surface area contributed by atoms with E-state index >= 15 is 0 Å². The van der Waals surface area contributed by atoms with Gasteiger partial charge in [0, 0.05) is 11.1 Å². The van der Waals surface area contributed by atoms with Gasteiger partial charge in [-0.1, -0.05) is 24.4 Å². The Morgan fingerprint density at radius 1 is 1.24 bits per heavy atom. The molecule has 1 saturated heterocycles. The standard InChI is InChI=1S/C15H16ClFN2O2/c16-9-5-6-12(11(17)7-9)18-13-8-14(20)19(15(13)21)10-3-1-2-4-10/h5-7,10,13,18H,1-4,8H2. The monoisotopic (exact) mass is 310 g/mol. The zero-order valence-electron chi connectivity index (χ0n) is 11.4. The maximum Gasteiger partial charge on any atom is 0.252 e. The number of anilines is 1. The number of likely N-dealkylation sites (tertiary alicyclic amines) is 1. The Bertz CT molecular complexity index is 587. The van der Waals surface area contributed by atoms with Crippen LogP contribution in [0.3, 0.4) is 0 Å². The number of hydrogen-bond acceptors (Lipinski definition) is 3. The fourth-order valence-corrected chi connectivity index (χ4v) is 3.26. The molecule has 1 aromatic carbocycles. The second kappa shape index (κ2) is 5.64. The van der Waals surface area contributed by atoms with E-state index in [1.54, 1.807) is 6.07 Å². The second-order valence-corrected chi connectivity index (χ2v) is 6.00. The minimum absolute atomic E-state index is 0.0202. The van der Waals surface area contributed by atoms with E-state index < -0.39 is 11.9 Å². The molecule has 1 N–H and O–H groups in total. The van der Waals surface area contributed by atoms with Gasteiger partial charge in [0.25, 0.3) is 5.91 Å². The number of carbonyl (C=O) groups is 2. The van der Waals surface area contributed by atoms with E-state index in [1.165, 1.54) is 17.0 Å². The third kappa shape index (κ3) is 2.75. The SMILES string of the molecule is O=C1CC(Nc2ccc(Cl)cc2F)C(=O)N1C1CCCC1. The van der Waals surface area contributed by atoms with Gasteiger partial charge in [-0.25, -0.2) is 4.39 Å². The van der Waals surface area contributed by atoms with Crippen molar-refractivity contribution >= 4 is 29.1 Å². The fraction of sp³-hybridized carbons (Fsp3) is 0.467. The van der Waals surface area contributed by atoms with Gasteiger partial charge in [0.2, 0.25) is 5.91 Å². The van der Waals surface area contributed by atoms with Gasteiger partial charge in [0.1, 0.15) is 11.9 Å². The van der Waals surface area contributed by atoms with Gasteiger partial charge in [0.15, 0.2) is 0 Å². The molecule has 112 valence electrons. The van der Waals surface area contributed by atoms with Crippen molar-refractivity contribution in [1.29, 1.82) is 0 Å². The molecule has 1 unspecified atom stereocenters. The number of nitrogens with zero attached hydrogens (tertiary/aromatic N) is 1. The molecule has 1 aliphatic carbocycles. The van der Waals surface area contributed by atoms with Gasteiger partial charge in [-0.2, -0.15) is 0 Å². The van der Waals surface area contributed by atoms with Crippen LogP contribution >= 0.6 is 11.6 Å². The molecule has 3 rings (SSSR count). The van der Waals surface area contributed by atoms with Crippen LogP contribution in [0.1, 0.15) is 32.1 Å². The zero-order chi connectivity index (χ0) is 15.0. The molecule has 0 aromatic heterocycles. The summed E-state index contributed by atoms with van der Waals surface area (Å²) in [6, 6.07) is 3.54. The van der Waals surface area contributed by atoms with Crippen LogP contribution in [0.25, 0.3) is 0 Å². The van der Waals surface area contributed by atoms with E-state index in [1.807, 2.05) is 0 Å². The number of nitrogens with one attached hydrogen (secondary N) is 1. The smallest absolute Gasteiger partial charge is 0.252 e. The summed E-state index contributed by atoms with van der Waals surface area (Å²) in [6.45, 7) is 0. The summed E-state index contributed by atoms with van der Waals surface area (Å²) in [4.78, 5) is 25.8. The van der Waals surface area contributed by atoms with E-state index in [9.17, 15) is 14.0 Å². The van der Waals surface area contributed by atoms with Gasteiger partial charge in [0.05, 0.1) is 12.1 Å². The van der Waals surface area contributed by atoms with E-state index in [0.29, 0.717) is 5.02 Å². The Morgan fingerprint density at radius 3 is 2.62 bits per heavy atom. The number of rotatable bonds is 3. The number of imide groups is 1. The molecule has 2 aliphatic rings. The van der Waals surface area contributed by atoms with Gasteiger partial charge in [-0.3, -0.25) is 14.5 Å². The Balaban J connectivity index is 1.75. The molecule has 1 aromatic rings. The van der Waals surface area contributed by atoms with Crippen molar-refractivity contribution in [2.24, 2.45) is 0 Å². The lowest BCUT2D eigenvalue weighted by molar-refractivity contribution is -0.141. The topological polar surface area (TPSA) is 49.4 Å². The van der Waals surface area contributed by atoms with Crippen LogP contribution in [-0.2, 0) is 9.59 Å². The van der Waals surface area contributed by atoms with Gasteiger partial charge in [-0.15, -0.1) is 0 Å². The molecule has 1 atom stereocenters. The summed E-state index contributed by atoms with van der Waals surface area (Å²) in [5.41, 5.74) is 0.193. The van der Waals surface area contributed by atoms with Crippen molar-refractivity contribution in [2.45, 2.75) is 44.2 Å². The van der Waals surface area contributed by atoms with Gasteiger partial charge < -0.3 is 5.32 Å². The highest BCUT2D eigenvalue weighted by molar-refractivity contribution is 6.30. The zero-order valence-corrected chi connectivity index (χ0v) is 12.2. The van der Waals surface area contributed by atoms with Crippen LogP contribution in [0.2, 0.25) is 5.02 Å². The Kier molecular flexibility index (Phi) is 3.85. The minimum atomic E-state index is -0.686. The number of carbonyl (C=O) groups excluding carboxylic acids is 2. The molecule has 1 aliphatic heterocycles. The minimum Gasteiger partial charge on any atom is -0.371 e. The Morgan fingerprint density at radius 2 is 1.95 bits per heavy atom. The van der Waals surface area contributed by atoms with Crippen LogP contribution < -0.4 is 5.32 Å². The molecular weight excluding hydrogens is 295 g/mol. The summed E-state index contributed by atoms with van der Waals surface area (Å²) >= 11 is 5.70. The molecular formula is C15H16ClFN2O2. The van der Waals surface area contributed by atoms with Crippen LogP contribution in [0.4, 0.5) is 10.1 Å². The summed E-state index contributed by atoms with van der Waals surface area (Å²) in [6.07, 6.45) is 3.92. The lowest BCUT2D eigenvalue weighted by Crippen LogP contribution is -2.41. The van der Waals surface area contributed by atoms with Gasteiger partial charge >= 0.3 is 0 Å². The highest BCUT2D eigenvalue weighted by Crippen LogP contribution is 2.30. The molecule has 0 spiro atoms. The first-order valence-electron chi connectivity index (χ1n) is 7.14. The third-order valence-electron chi connectivity index (χ3n) is 4.13. The molecule has 6 heteroatoms. The van der Waals surface area contributed by atoms with Gasteiger partial charge in [-0.05, 0) is 31.0 Å². The summed E-state index contributed by atoms with van der Waals surface area (Å²) in [5, 5.41) is 3.12. The average molecular weight is 311 g/mol. The molecule has 2 amide bonds. The quantitative estimate of drug-likeness (QED) is 0.873. The van der Waals surface area contributed by atoms with Crippen molar-refractivity contribution in [3.63, 3.8) is 0 Å². The average Bonchev–Trinajstić information content (AvgIpc) is 3.02. The maximum absolute atomic E-state index is 13.8. The first-order valence-corrected chi connectivity index (χ1v) is 7.51. The van der Waals surface area contributed by atoms with Crippen molar-refractivity contribution < 1.29 is 14.0 Å². The fourth-order valence-electron chi connectivity index (χ4n) is 3.10. The predicted molar refractivity (Wildman–Crippen MR) is 77.5 cm³/mol. The predicted octanol–water partition coefficient (Wildman–Crippen LogP) is 2.96. The van der Waals surface area contributed by atoms with E-state index in [-0.39, 0.29) is 30.0 Å². The van der Waals surface area contributed by atoms with Crippen LogP contribution in [0.15, 0.2) is 18.2 Å². The summed E-state index contributed by atoms with van der Waals surface area (Å²) < 4.78 is 13.8. The van der Waals surface area contributed by atoms with Crippen molar-refractivity contribution in [2.75, 3.05) is 5.32 Å². The first kappa shape index (κ1) is 14.3. The van der Waals surface area contributed by atoms with E-state index in [4.69, 9.17) is 11.6 Å². The van der Waals surface area contributed by atoms with Crippen molar-refractivity contribution in [3.8, 4) is 0 Å². The molecule has 0 radical (unpaired) electrons. The Hall–Kier alpha value is -1.62. The molecule has 2 fully saturated rings. The maximum atomic E-state index is 13.8. The van der Waals surface area contributed by atoms with Crippen molar-refractivity contribution in [3.05, 3.63) is 29.0 Å². The van der Waals surface area contributed by atoms with E-state index in [0.717, 1.165) is 25.7 Å². The lowest BCUT2D eigenvalue weighted by Gasteiger charge is -2.22. The summed E-state index contributed by atoms with van der Waals surface area (Å²) in [7, 11) is 0. The summed E-state index contributed by atoms with van der Waals surface area (Å²) in [5.74, 6) is -0.943.